The second-order valence-electron chi connectivity index (χ2n) is 8.75. The summed E-state index contributed by atoms with van der Waals surface area (Å²) in [6.07, 6.45) is 10.8. The van der Waals surface area contributed by atoms with Gasteiger partial charge in [0.15, 0.2) is 8.32 Å². The van der Waals surface area contributed by atoms with Gasteiger partial charge in [-0.2, -0.15) is 0 Å². The molecule has 0 spiro atoms. The van der Waals surface area contributed by atoms with Crippen LogP contribution in [0.4, 0.5) is 10.1 Å². The lowest BCUT2D eigenvalue weighted by atomic mass is 9.98. The number of anilines is 1. The number of nitrogens with zero attached hydrogens (tertiary/aromatic N) is 1. The second-order valence-corrected chi connectivity index (χ2v) is 14.1. The minimum atomic E-state index is -1.85. The molecule has 1 unspecified atom stereocenters. The predicted octanol–water partition coefficient (Wildman–Crippen LogP) is 7.38. The second kappa shape index (κ2) is 10.5. The van der Waals surface area contributed by atoms with Crippen molar-refractivity contribution < 1.29 is 13.6 Å². The van der Waals surface area contributed by atoms with Crippen molar-refractivity contribution >= 4 is 29.9 Å². The molecule has 3 nitrogen and oxygen atoms in total. The van der Waals surface area contributed by atoms with Gasteiger partial charge in [-0.3, -0.25) is 0 Å². The summed E-state index contributed by atoms with van der Waals surface area (Å²) in [6.45, 7) is 11.3. The third-order valence-electron chi connectivity index (χ3n) is 4.85. The van der Waals surface area contributed by atoms with E-state index in [-0.39, 0.29) is 5.82 Å². The molecule has 0 saturated carbocycles. The van der Waals surface area contributed by atoms with Crippen LogP contribution < -0.4 is 9.64 Å². The number of hydrogen-bond donors (Lipinski definition) is 0. The van der Waals surface area contributed by atoms with E-state index in [1.807, 2.05) is 42.6 Å². The van der Waals surface area contributed by atoms with Crippen LogP contribution in [0.3, 0.4) is 0 Å². The monoisotopic (exact) mass is 513 g/mol. The summed E-state index contributed by atoms with van der Waals surface area (Å²) >= 11 is 3.59. The van der Waals surface area contributed by atoms with E-state index in [1.165, 1.54) is 12.1 Å². The molecule has 168 valence electrons. The number of allylic oxidation sites excluding steroid dienone is 2. The van der Waals surface area contributed by atoms with Crippen LogP contribution in [0, 0.1) is 5.82 Å². The molecule has 0 radical (unpaired) electrons. The summed E-state index contributed by atoms with van der Waals surface area (Å²) in [5.74, 6) is 0.484. The van der Waals surface area contributed by atoms with Crippen molar-refractivity contribution in [3.8, 4) is 5.75 Å². The normalized spacial score (nSPS) is 18.2. The van der Waals surface area contributed by atoms with Crippen molar-refractivity contribution in [1.29, 1.82) is 0 Å². The average Bonchev–Trinajstić information content (AvgIpc) is 2.94. The molecule has 1 atom stereocenters. The van der Waals surface area contributed by atoms with Crippen LogP contribution in [-0.4, -0.2) is 20.5 Å². The van der Waals surface area contributed by atoms with Gasteiger partial charge in [0.1, 0.15) is 18.2 Å². The minimum Gasteiger partial charge on any atom is -0.487 e. The first-order valence-corrected chi connectivity index (χ1v) is 14.7. The van der Waals surface area contributed by atoms with Gasteiger partial charge in [0.25, 0.3) is 0 Å². The quantitative estimate of drug-likeness (QED) is 0.271. The van der Waals surface area contributed by atoms with Crippen molar-refractivity contribution in [3.63, 3.8) is 0 Å². The summed E-state index contributed by atoms with van der Waals surface area (Å²) < 4.78 is 27.0. The molecule has 1 heterocycles. The summed E-state index contributed by atoms with van der Waals surface area (Å²) in [7, 11) is -1.85. The topological polar surface area (TPSA) is 21.7 Å². The largest absolute Gasteiger partial charge is 0.487 e. The fraction of sp³-hybridized carbons (Fsp3) is 0.269. The fourth-order valence-electron chi connectivity index (χ4n) is 3.62. The zero-order valence-corrected chi connectivity index (χ0v) is 21.4. The van der Waals surface area contributed by atoms with Gasteiger partial charge in [-0.1, -0.05) is 46.8 Å². The van der Waals surface area contributed by atoms with Gasteiger partial charge in [-0.05, 0) is 67.7 Å². The maximum Gasteiger partial charge on any atom is 0.185 e. The van der Waals surface area contributed by atoms with E-state index in [4.69, 9.17) is 9.16 Å². The van der Waals surface area contributed by atoms with Crippen molar-refractivity contribution in [1.82, 2.24) is 0 Å². The van der Waals surface area contributed by atoms with Crippen LogP contribution in [0.2, 0.25) is 19.6 Å². The molecule has 0 fully saturated rings. The van der Waals surface area contributed by atoms with Gasteiger partial charge in [0.2, 0.25) is 0 Å². The molecule has 6 heteroatoms. The Bertz CT molecular complexity index is 1040. The molecule has 0 aromatic heterocycles. The first-order valence-electron chi connectivity index (χ1n) is 10.5. The van der Waals surface area contributed by atoms with Crippen LogP contribution in [0.1, 0.15) is 12.0 Å². The molecular formula is C26H29BrFNO2Si. The van der Waals surface area contributed by atoms with Crippen molar-refractivity contribution in [2.45, 2.75) is 38.3 Å². The summed E-state index contributed by atoms with van der Waals surface area (Å²) in [4.78, 5) is 2.15. The van der Waals surface area contributed by atoms with Crippen molar-refractivity contribution in [2.24, 2.45) is 0 Å². The summed E-state index contributed by atoms with van der Waals surface area (Å²) in [5.41, 5.74) is 4.21. The number of halogens is 2. The van der Waals surface area contributed by atoms with Gasteiger partial charge in [0.05, 0.1) is 17.8 Å². The number of ether oxygens (including phenoxy) is 1. The van der Waals surface area contributed by atoms with Crippen molar-refractivity contribution in [3.05, 3.63) is 101 Å². The maximum absolute atomic E-state index is 13.2. The Labute approximate surface area is 199 Å². The van der Waals surface area contributed by atoms with Crippen LogP contribution in [-0.2, 0) is 11.0 Å². The van der Waals surface area contributed by atoms with Crippen molar-refractivity contribution in [2.75, 3.05) is 11.4 Å². The zero-order valence-electron chi connectivity index (χ0n) is 18.8. The van der Waals surface area contributed by atoms with Gasteiger partial charge in [-0.25, -0.2) is 4.39 Å². The van der Waals surface area contributed by atoms with Gasteiger partial charge in [-0.15, -0.1) is 5.73 Å². The van der Waals surface area contributed by atoms with Crippen LogP contribution >= 0.6 is 15.9 Å². The highest BCUT2D eigenvalue weighted by molar-refractivity contribution is 9.10. The van der Waals surface area contributed by atoms with E-state index in [1.54, 1.807) is 12.1 Å². The van der Waals surface area contributed by atoms with E-state index in [0.717, 1.165) is 21.5 Å². The third kappa shape index (κ3) is 6.81. The lowest BCUT2D eigenvalue weighted by Crippen LogP contribution is -2.47. The SMILES string of the molecule is C=C=CCC1(O[Si](C)(C)C)C=CC=CN(c2cc(Br)ccc2OCc2ccc(F)cc2)C1. The number of hydrogen-bond acceptors (Lipinski definition) is 3. The Balaban J connectivity index is 1.91. The lowest BCUT2D eigenvalue weighted by molar-refractivity contribution is 0.124. The highest BCUT2D eigenvalue weighted by Gasteiger charge is 2.36. The Morgan fingerprint density at radius 1 is 1.19 bits per heavy atom. The van der Waals surface area contributed by atoms with E-state index in [9.17, 15) is 4.39 Å². The lowest BCUT2D eigenvalue weighted by Gasteiger charge is -2.39. The molecule has 0 aliphatic carbocycles. The molecule has 0 N–H and O–H groups in total. The zero-order chi connectivity index (χ0) is 23.2. The van der Waals surface area contributed by atoms with Gasteiger partial charge >= 0.3 is 0 Å². The molecule has 3 rings (SSSR count). The third-order valence-corrected chi connectivity index (χ3v) is 6.37. The Morgan fingerprint density at radius 2 is 1.94 bits per heavy atom. The summed E-state index contributed by atoms with van der Waals surface area (Å²) in [5, 5.41) is 0. The van der Waals surface area contributed by atoms with Gasteiger partial charge in [0, 0.05) is 17.1 Å². The average molecular weight is 515 g/mol. The van der Waals surface area contributed by atoms with Gasteiger partial charge < -0.3 is 14.1 Å². The highest BCUT2D eigenvalue weighted by Crippen LogP contribution is 2.36. The number of benzene rings is 2. The highest BCUT2D eigenvalue weighted by atomic mass is 79.9. The Hall–Kier alpha value is -2.37. The predicted molar refractivity (Wildman–Crippen MR) is 136 cm³/mol. The molecule has 1 aliphatic heterocycles. The Morgan fingerprint density at radius 3 is 2.62 bits per heavy atom. The first kappa shape index (κ1) is 24.3. The molecule has 0 amide bonds. The van der Waals surface area contributed by atoms with E-state index >= 15 is 0 Å². The fourth-order valence-corrected chi connectivity index (χ4v) is 5.40. The molecule has 2 aromatic carbocycles. The standard InChI is InChI=1S/C26H29BrFNO2Si/c1-5-6-15-26(31-32(2,3)4)16-7-8-17-29(20-26)24-18-22(27)11-14-25(24)30-19-21-9-12-23(28)13-10-21/h6-14,16-18H,1,15,19-20H2,2-4H3. The smallest absolute Gasteiger partial charge is 0.185 e. The van der Waals surface area contributed by atoms with E-state index in [0.29, 0.717) is 19.6 Å². The molecule has 0 saturated heterocycles. The van der Waals surface area contributed by atoms with Crippen LogP contribution in [0.25, 0.3) is 0 Å². The molecule has 0 bridgehead atoms. The molecular weight excluding hydrogens is 485 g/mol. The Kier molecular flexibility index (Phi) is 7.96. The number of rotatable bonds is 8. The summed E-state index contributed by atoms with van der Waals surface area (Å²) in [6, 6.07) is 12.3. The first-order chi connectivity index (χ1) is 15.2. The molecule has 32 heavy (non-hydrogen) atoms. The van der Waals surface area contributed by atoms with E-state index < -0.39 is 13.9 Å². The van der Waals surface area contributed by atoms with Crippen LogP contribution in [0.5, 0.6) is 5.75 Å². The van der Waals surface area contributed by atoms with E-state index in [2.05, 4.69) is 58.9 Å². The minimum absolute atomic E-state index is 0.257. The maximum atomic E-state index is 13.2. The molecule has 1 aliphatic rings. The van der Waals surface area contributed by atoms with Crippen LogP contribution in [0.15, 0.2) is 89.8 Å². The molecule has 2 aromatic rings.